The van der Waals surface area contributed by atoms with Crippen LogP contribution in [0.3, 0.4) is 0 Å². The molecule has 17 heavy (non-hydrogen) atoms. The van der Waals surface area contributed by atoms with E-state index in [4.69, 9.17) is 10.8 Å². The number of rotatable bonds is 8. The molecule has 0 bridgehead atoms. The van der Waals surface area contributed by atoms with Crippen molar-refractivity contribution < 1.29 is 5.11 Å². The SMILES string of the molecule is CCCCN(CCO)CC1(CN)CCCCC1. The van der Waals surface area contributed by atoms with Crippen molar-refractivity contribution >= 4 is 0 Å². The summed E-state index contributed by atoms with van der Waals surface area (Å²) in [5.41, 5.74) is 6.36. The summed E-state index contributed by atoms with van der Waals surface area (Å²) in [6.07, 6.45) is 9.03. The summed E-state index contributed by atoms with van der Waals surface area (Å²) in [6.45, 7) is 6.30. The third-order valence-electron chi connectivity index (χ3n) is 4.15. The van der Waals surface area contributed by atoms with Crippen LogP contribution in [0, 0.1) is 5.41 Å². The Bertz CT molecular complexity index is 191. The van der Waals surface area contributed by atoms with Crippen LogP contribution in [-0.2, 0) is 0 Å². The van der Waals surface area contributed by atoms with Gasteiger partial charge < -0.3 is 15.7 Å². The lowest BCUT2D eigenvalue weighted by Gasteiger charge is -2.40. The first kappa shape index (κ1) is 14.9. The third-order valence-corrected chi connectivity index (χ3v) is 4.15. The maximum absolute atomic E-state index is 9.15. The Balaban J connectivity index is 2.48. The number of hydrogen-bond acceptors (Lipinski definition) is 3. The highest BCUT2D eigenvalue weighted by molar-refractivity contribution is 4.86. The maximum Gasteiger partial charge on any atom is 0.0558 e. The Morgan fingerprint density at radius 2 is 1.88 bits per heavy atom. The van der Waals surface area contributed by atoms with Crippen LogP contribution in [0.5, 0.6) is 0 Å². The Morgan fingerprint density at radius 1 is 1.18 bits per heavy atom. The van der Waals surface area contributed by atoms with E-state index in [-0.39, 0.29) is 6.61 Å². The molecule has 1 rings (SSSR count). The van der Waals surface area contributed by atoms with Crippen LogP contribution in [0.25, 0.3) is 0 Å². The van der Waals surface area contributed by atoms with Crippen LogP contribution in [0.15, 0.2) is 0 Å². The summed E-state index contributed by atoms with van der Waals surface area (Å²) in [5.74, 6) is 0. The van der Waals surface area contributed by atoms with Gasteiger partial charge in [0.05, 0.1) is 6.61 Å². The molecule has 0 saturated heterocycles. The number of nitrogens with two attached hydrogens (primary N) is 1. The van der Waals surface area contributed by atoms with E-state index in [1.165, 1.54) is 44.9 Å². The molecule has 1 aliphatic rings. The summed E-state index contributed by atoms with van der Waals surface area (Å²) in [4.78, 5) is 2.42. The lowest BCUT2D eigenvalue weighted by Crippen LogP contribution is -2.45. The molecular weight excluding hydrogens is 212 g/mol. The molecule has 1 saturated carbocycles. The van der Waals surface area contributed by atoms with Gasteiger partial charge in [0.1, 0.15) is 0 Å². The second kappa shape index (κ2) is 8.06. The third kappa shape index (κ3) is 4.94. The van der Waals surface area contributed by atoms with Gasteiger partial charge in [-0.15, -0.1) is 0 Å². The maximum atomic E-state index is 9.15. The number of nitrogens with zero attached hydrogens (tertiary/aromatic N) is 1. The average molecular weight is 242 g/mol. The van der Waals surface area contributed by atoms with Crippen LogP contribution in [0.2, 0.25) is 0 Å². The molecule has 3 nitrogen and oxygen atoms in total. The van der Waals surface area contributed by atoms with Gasteiger partial charge in [-0.05, 0) is 37.8 Å². The molecule has 1 fully saturated rings. The lowest BCUT2D eigenvalue weighted by atomic mass is 9.73. The van der Waals surface area contributed by atoms with Gasteiger partial charge in [0, 0.05) is 13.1 Å². The van der Waals surface area contributed by atoms with Gasteiger partial charge in [-0.1, -0.05) is 32.6 Å². The van der Waals surface area contributed by atoms with Crippen LogP contribution in [0.1, 0.15) is 51.9 Å². The molecule has 0 aromatic rings. The number of unbranched alkanes of at least 4 members (excludes halogenated alkanes) is 1. The second-order valence-corrected chi connectivity index (χ2v) is 5.62. The summed E-state index contributed by atoms with van der Waals surface area (Å²) >= 11 is 0. The fraction of sp³-hybridized carbons (Fsp3) is 1.00. The van der Waals surface area contributed by atoms with Gasteiger partial charge in [-0.3, -0.25) is 0 Å². The van der Waals surface area contributed by atoms with E-state index in [9.17, 15) is 0 Å². The minimum Gasteiger partial charge on any atom is -0.395 e. The quantitative estimate of drug-likeness (QED) is 0.684. The van der Waals surface area contributed by atoms with Gasteiger partial charge in [0.15, 0.2) is 0 Å². The zero-order chi connectivity index (χ0) is 12.6. The van der Waals surface area contributed by atoms with Gasteiger partial charge in [-0.25, -0.2) is 0 Å². The van der Waals surface area contributed by atoms with Gasteiger partial charge in [0.2, 0.25) is 0 Å². The molecule has 0 amide bonds. The zero-order valence-corrected chi connectivity index (χ0v) is 11.5. The summed E-state index contributed by atoms with van der Waals surface area (Å²) < 4.78 is 0. The summed E-state index contributed by atoms with van der Waals surface area (Å²) in [7, 11) is 0. The minimum absolute atomic E-state index is 0.268. The fourth-order valence-electron chi connectivity index (χ4n) is 3.00. The van der Waals surface area contributed by atoms with Crippen molar-refractivity contribution in [1.29, 1.82) is 0 Å². The Hall–Kier alpha value is -0.120. The molecule has 3 N–H and O–H groups in total. The van der Waals surface area contributed by atoms with Gasteiger partial charge in [0.25, 0.3) is 0 Å². The number of hydrogen-bond donors (Lipinski definition) is 2. The van der Waals surface area contributed by atoms with Crippen molar-refractivity contribution in [2.24, 2.45) is 11.1 Å². The highest BCUT2D eigenvalue weighted by Crippen LogP contribution is 2.36. The van der Waals surface area contributed by atoms with E-state index in [0.29, 0.717) is 5.41 Å². The molecule has 102 valence electrons. The van der Waals surface area contributed by atoms with Crippen molar-refractivity contribution in [3.63, 3.8) is 0 Å². The number of aliphatic hydroxyl groups is 1. The lowest BCUT2D eigenvalue weighted by molar-refractivity contribution is 0.0950. The van der Waals surface area contributed by atoms with E-state index < -0.39 is 0 Å². The highest BCUT2D eigenvalue weighted by Gasteiger charge is 2.32. The van der Waals surface area contributed by atoms with Crippen LogP contribution in [0.4, 0.5) is 0 Å². The molecule has 1 aliphatic carbocycles. The van der Waals surface area contributed by atoms with Crippen molar-refractivity contribution in [3.8, 4) is 0 Å². The first-order valence-corrected chi connectivity index (χ1v) is 7.29. The standard InChI is InChI=1S/C14H30N2O/c1-2-3-9-16(10-11-17)13-14(12-15)7-5-4-6-8-14/h17H,2-13,15H2,1H3. The Labute approximate surface area is 106 Å². The Kier molecular flexibility index (Phi) is 7.09. The van der Waals surface area contributed by atoms with Crippen LogP contribution >= 0.6 is 0 Å². The molecule has 0 aromatic heterocycles. The van der Waals surface area contributed by atoms with Crippen LogP contribution < -0.4 is 5.73 Å². The van der Waals surface area contributed by atoms with Crippen molar-refractivity contribution in [2.75, 3.05) is 32.8 Å². The largest absolute Gasteiger partial charge is 0.395 e. The topological polar surface area (TPSA) is 49.5 Å². The van der Waals surface area contributed by atoms with E-state index in [0.717, 1.165) is 26.2 Å². The summed E-state index contributed by atoms with van der Waals surface area (Å²) in [5, 5.41) is 9.15. The van der Waals surface area contributed by atoms with Crippen molar-refractivity contribution in [1.82, 2.24) is 4.90 Å². The highest BCUT2D eigenvalue weighted by atomic mass is 16.3. The predicted molar refractivity (Wildman–Crippen MR) is 73.0 cm³/mol. The first-order chi connectivity index (χ1) is 8.26. The van der Waals surface area contributed by atoms with E-state index >= 15 is 0 Å². The first-order valence-electron chi connectivity index (χ1n) is 7.29. The van der Waals surface area contributed by atoms with E-state index in [1.807, 2.05) is 0 Å². The second-order valence-electron chi connectivity index (χ2n) is 5.62. The number of aliphatic hydroxyl groups excluding tert-OH is 1. The molecule has 0 radical (unpaired) electrons. The molecule has 0 heterocycles. The van der Waals surface area contributed by atoms with Gasteiger partial charge >= 0.3 is 0 Å². The van der Waals surface area contributed by atoms with E-state index in [1.54, 1.807) is 0 Å². The molecule has 0 spiro atoms. The average Bonchev–Trinajstić information content (AvgIpc) is 2.37. The predicted octanol–water partition coefficient (Wildman–Crippen LogP) is 1.99. The smallest absolute Gasteiger partial charge is 0.0558 e. The van der Waals surface area contributed by atoms with E-state index in [2.05, 4.69) is 11.8 Å². The van der Waals surface area contributed by atoms with Crippen molar-refractivity contribution in [2.45, 2.75) is 51.9 Å². The van der Waals surface area contributed by atoms with Crippen molar-refractivity contribution in [3.05, 3.63) is 0 Å². The molecule has 0 aliphatic heterocycles. The van der Waals surface area contributed by atoms with Crippen LogP contribution in [-0.4, -0.2) is 42.8 Å². The normalized spacial score (nSPS) is 19.8. The monoisotopic (exact) mass is 242 g/mol. The van der Waals surface area contributed by atoms with Gasteiger partial charge in [-0.2, -0.15) is 0 Å². The molecule has 0 atom stereocenters. The Morgan fingerprint density at radius 3 is 2.41 bits per heavy atom. The minimum atomic E-state index is 0.268. The fourth-order valence-corrected chi connectivity index (χ4v) is 3.00. The molecule has 3 heteroatoms. The molecule has 0 aromatic carbocycles. The summed E-state index contributed by atoms with van der Waals surface area (Å²) in [6, 6.07) is 0. The molecular formula is C14H30N2O. The zero-order valence-electron chi connectivity index (χ0n) is 11.5. The molecule has 0 unspecified atom stereocenters.